The minimum absolute atomic E-state index is 0.305. The minimum atomic E-state index is -0.654. The molecule has 0 radical (unpaired) electrons. The molecule has 5 heteroatoms. The smallest absolute Gasteiger partial charge is 0.315 e. The van der Waals surface area contributed by atoms with E-state index < -0.39 is 6.10 Å². The molecular formula is C21H21FN2O2. The summed E-state index contributed by atoms with van der Waals surface area (Å²) in [6.45, 7) is 0.664. The SMILES string of the molecule is O=C(NCCC(O)c1cccc2ccccc12)NCc1ccc(F)cc1. The maximum Gasteiger partial charge on any atom is 0.315 e. The third-order valence-corrected chi connectivity index (χ3v) is 4.25. The van der Waals surface area contributed by atoms with E-state index in [0.717, 1.165) is 21.9 Å². The highest BCUT2D eigenvalue weighted by Gasteiger charge is 2.11. The molecule has 1 atom stereocenters. The fourth-order valence-electron chi connectivity index (χ4n) is 2.87. The fraction of sp³-hybridized carbons (Fsp3) is 0.190. The van der Waals surface area contributed by atoms with E-state index in [9.17, 15) is 14.3 Å². The topological polar surface area (TPSA) is 61.4 Å². The summed E-state index contributed by atoms with van der Waals surface area (Å²) in [4.78, 5) is 11.8. The highest BCUT2D eigenvalue weighted by Crippen LogP contribution is 2.25. The Bertz CT molecular complexity index is 875. The third kappa shape index (κ3) is 4.58. The summed E-state index contributed by atoms with van der Waals surface area (Å²) in [5, 5.41) is 18.0. The maximum absolute atomic E-state index is 12.8. The van der Waals surface area contributed by atoms with Gasteiger partial charge in [0.05, 0.1) is 6.10 Å². The molecule has 3 rings (SSSR count). The van der Waals surface area contributed by atoms with Gasteiger partial charge in [-0.05, 0) is 40.5 Å². The van der Waals surface area contributed by atoms with Gasteiger partial charge in [-0.25, -0.2) is 9.18 Å². The summed E-state index contributed by atoms with van der Waals surface area (Å²) in [6, 6.07) is 19.4. The first-order chi connectivity index (χ1) is 12.6. The molecule has 0 saturated heterocycles. The number of rotatable bonds is 6. The fourth-order valence-corrected chi connectivity index (χ4v) is 2.87. The van der Waals surface area contributed by atoms with E-state index in [1.54, 1.807) is 12.1 Å². The second-order valence-corrected chi connectivity index (χ2v) is 6.11. The molecule has 1 unspecified atom stereocenters. The summed E-state index contributed by atoms with van der Waals surface area (Å²) < 4.78 is 12.8. The number of urea groups is 1. The average molecular weight is 352 g/mol. The van der Waals surface area contributed by atoms with Gasteiger partial charge in [0.25, 0.3) is 0 Å². The van der Waals surface area contributed by atoms with Crippen LogP contribution in [0.4, 0.5) is 9.18 Å². The Morgan fingerprint density at radius 2 is 1.69 bits per heavy atom. The number of nitrogens with one attached hydrogen (secondary N) is 2. The van der Waals surface area contributed by atoms with Crippen LogP contribution in [0.3, 0.4) is 0 Å². The van der Waals surface area contributed by atoms with Crippen LogP contribution in [0.2, 0.25) is 0 Å². The van der Waals surface area contributed by atoms with E-state index in [-0.39, 0.29) is 11.8 Å². The van der Waals surface area contributed by atoms with Crippen molar-refractivity contribution in [3.05, 3.63) is 83.7 Å². The van der Waals surface area contributed by atoms with E-state index in [4.69, 9.17) is 0 Å². The van der Waals surface area contributed by atoms with Crippen molar-refractivity contribution in [2.45, 2.75) is 19.1 Å². The van der Waals surface area contributed by atoms with Gasteiger partial charge in [0.15, 0.2) is 0 Å². The van der Waals surface area contributed by atoms with Gasteiger partial charge in [0.1, 0.15) is 5.82 Å². The lowest BCUT2D eigenvalue weighted by Gasteiger charge is -2.14. The van der Waals surface area contributed by atoms with E-state index in [1.807, 2.05) is 42.5 Å². The second kappa shape index (κ2) is 8.45. The number of hydrogen-bond donors (Lipinski definition) is 3. The van der Waals surface area contributed by atoms with Crippen molar-refractivity contribution >= 4 is 16.8 Å². The van der Waals surface area contributed by atoms with Crippen LogP contribution < -0.4 is 10.6 Å². The molecule has 134 valence electrons. The average Bonchev–Trinajstić information content (AvgIpc) is 2.67. The lowest BCUT2D eigenvalue weighted by atomic mass is 9.99. The number of carbonyl (C=O) groups excluding carboxylic acids is 1. The molecule has 3 aromatic carbocycles. The maximum atomic E-state index is 12.8. The van der Waals surface area contributed by atoms with Crippen LogP contribution in [0, 0.1) is 5.82 Å². The highest BCUT2D eigenvalue weighted by molar-refractivity contribution is 5.86. The van der Waals surface area contributed by atoms with Gasteiger partial charge in [-0.1, -0.05) is 54.6 Å². The zero-order valence-corrected chi connectivity index (χ0v) is 14.3. The number of carbonyl (C=O) groups is 1. The normalized spacial score (nSPS) is 11.9. The van der Waals surface area contributed by atoms with Crippen LogP contribution in [-0.4, -0.2) is 17.7 Å². The first kappa shape index (κ1) is 17.9. The number of aliphatic hydroxyl groups excluding tert-OH is 1. The minimum Gasteiger partial charge on any atom is -0.388 e. The van der Waals surface area contributed by atoms with E-state index >= 15 is 0 Å². The first-order valence-corrected chi connectivity index (χ1v) is 8.55. The van der Waals surface area contributed by atoms with E-state index in [2.05, 4.69) is 10.6 Å². The Hall–Kier alpha value is -2.92. The van der Waals surface area contributed by atoms with Crippen molar-refractivity contribution in [3.8, 4) is 0 Å². The summed E-state index contributed by atoms with van der Waals surface area (Å²) in [5.74, 6) is -0.305. The van der Waals surface area contributed by atoms with Crippen LogP contribution in [0.1, 0.15) is 23.7 Å². The van der Waals surface area contributed by atoms with Gasteiger partial charge >= 0.3 is 6.03 Å². The largest absolute Gasteiger partial charge is 0.388 e. The van der Waals surface area contributed by atoms with Gasteiger partial charge in [-0.2, -0.15) is 0 Å². The lowest BCUT2D eigenvalue weighted by Crippen LogP contribution is -2.36. The van der Waals surface area contributed by atoms with E-state index in [1.165, 1.54) is 12.1 Å². The van der Waals surface area contributed by atoms with Crippen LogP contribution in [-0.2, 0) is 6.54 Å². The van der Waals surface area contributed by atoms with E-state index in [0.29, 0.717) is 19.5 Å². The number of hydrogen-bond acceptors (Lipinski definition) is 2. The summed E-state index contributed by atoms with van der Waals surface area (Å²) >= 11 is 0. The van der Waals surface area contributed by atoms with Crippen molar-refractivity contribution in [3.63, 3.8) is 0 Å². The molecule has 0 aliphatic rings. The zero-order chi connectivity index (χ0) is 18.4. The lowest BCUT2D eigenvalue weighted by molar-refractivity contribution is 0.168. The molecule has 0 heterocycles. The first-order valence-electron chi connectivity index (χ1n) is 8.55. The molecule has 0 aliphatic heterocycles. The van der Waals surface area contributed by atoms with Gasteiger partial charge in [-0.3, -0.25) is 0 Å². The predicted molar refractivity (Wildman–Crippen MR) is 100 cm³/mol. The highest BCUT2D eigenvalue weighted by atomic mass is 19.1. The van der Waals surface area contributed by atoms with Gasteiger partial charge in [-0.15, -0.1) is 0 Å². The Labute approximate surface area is 151 Å². The monoisotopic (exact) mass is 352 g/mol. The molecule has 0 fully saturated rings. The van der Waals surface area contributed by atoms with Crippen molar-refractivity contribution in [2.24, 2.45) is 0 Å². The molecule has 0 aromatic heterocycles. The van der Waals surface area contributed by atoms with Crippen molar-refractivity contribution in [2.75, 3.05) is 6.54 Å². The Kier molecular flexibility index (Phi) is 5.81. The zero-order valence-electron chi connectivity index (χ0n) is 14.3. The molecule has 0 spiro atoms. The van der Waals surface area contributed by atoms with Crippen molar-refractivity contribution < 1.29 is 14.3 Å². The molecular weight excluding hydrogens is 331 g/mol. The van der Waals surface area contributed by atoms with Gasteiger partial charge in [0.2, 0.25) is 0 Å². The summed E-state index contributed by atoms with van der Waals surface area (Å²) in [5.41, 5.74) is 1.67. The third-order valence-electron chi connectivity index (χ3n) is 4.25. The molecule has 2 amide bonds. The number of amides is 2. The molecule has 3 aromatic rings. The predicted octanol–water partition coefficient (Wildman–Crippen LogP) is 3.90. The summed E-state index contributed by atoms with van der Waals surface area (Å²) in [6.07, 6.45) is -0.240. The van der Waals surface area contributed by atoms with Crippen LogP contribution in [0.5, 0.6) is 0 Å². The Morgan fingerprint density at radius 3 is 2.50 bits per heavy atom. The molecule has 3 N–H and O–H groups in total. The van der Waals surface area contributed by atoms with Crippen LogP contribution in [0.25, 0.3) is 10.8 Å². The van der Waals surface area contributed by atoms with Gasteiger partial charge in [0, 0.05) is 13.1 Å². The molecule has 4 nitrogen and oxygen atoms in total. The number of benzene rings is 3. The molecule has 0 saturated carbocycles. The van der Waals surface area contributed by atoms with Crippen molar-refractivity contribution in [1.82, 2.24) is 10.6 Å². The molecule has 0 aliphatic carbocycles. The number of fused-ring (bicyclic) bond motifs is 1. The standard InChI is InChI=1S/C21H21FN2O2/c22-17-10-8-15(9-11-17)14-24-21(26)23-13-12-20(25)19-7-3-5-16-4-1-2-6-18(16)19/h1-11,20,25H,12-14H2,(H2,23,24,26). The number of halogens is 1. The quantitative estimate of drug-likeness (QED) is 0.630. The second-order valence-electron chi connectivity index (χ2n) is 6.11. The Morgan fingerprint density at radius 1 is 0.962 bits per heavy atom. The van der Waals surface area contributed by atoms with Gasteiger partial charge < -0.3 is 15.7 Å². The molecule has 0 bridgehead atoms. The summed E-state index contributed by atoms with van der Waals surface area (Å²) in [7, 11) is 0. The Balaban J connectivity index is 1.47. The van der Waals surface area contributed by atoms with Crippen LogP contribution >= 0.6 is 0 Å². The van der Waals surface area contributed by atoms with Crippen LogP contribution in [0.15, 0.2) is 66.7 Å². The number of aliphatic hydroxyl groups is 1. The molecule has 26 heavy (non-hydrogen) atoms. The van der Waals surface area contributed by atoms with Crippen molar-refractivity contribution in [1.29, 1.82) is 0 Å².